The van der Waals surface area contributed by atoms with Crippen LogP contribution >= 0.6 is 34.8 Å². The lowest BCUT2D eigenvalue weighted by Gasteiger charge is -2.29. The van der Waals surface area contributed by atoms with Gasteiger partial charge in [0.15, 0.2) is 0 Å². The van der Waals surface area contributed by atoms with Gasteiger partial charge in [-0.25, -0.2) is 6.57 Å². The van der Waals surface area contributed by atoms with Crippen molar-refractivity contribution in [2.45, 2.75) is 31.0 Å². The molecule has 0 aromatic heterocycles. The largest absolute Gasteiger partial charge is 0.435 e. The third kappa shape index (κ3) is 4.98. The molecule has 1 unspecified atom stereocenters. The first kappa shape index (κ1) is 23.4. The van der Waals surface area contributed by atoms with Gasteiger partial charge in [0.1, 0.15) is 0 Å². The maximum absolute atomic E-state index is 14.1. The molecule has 10 heteroatoms. The fourth-order valence-electron chi connectivity index (χ4n) is 3.23. The summed E-state index contributed by atoms with van der Waals surface area (Å²) in [5.74, 6) is -0.244. The summed E-state index contributed by atoms with van der Waals surface area (Å²) < 4.78 is 42.3. The van der Waals surface area contributed by atoms with Crippen molar-refractivity contribution in [2.75, 3.05) is 6.54 Å². The minimum absolute atomic E-state index is 0.0426. The van der Waals surface area contributed by atoms with Crippen molar-refractivity contribution in [1.29, 1.82) is 0 Å². The van der Waals surface area contributed by atoms with Gasteiger partial charge in [0, 0.05) is 33.5 Å². The van der Waals surface area contributed by atoms with E-state index in [1.807, 2.05) is 0 Å². The van der Waals surface area contributed by atoms with E-state index in [9.17, 15) is 18.0 Å². The van der Waals surface area contributed by atoms with Crippen LogP contribution in [0.25, 0.3) is 4.85 Å². The van der Waals surface area contributed by atoms with E-state index < -0.39 is 18.2 Å². The molecule has 162 valence electrons. The van der Waals surface area contributed by atoms with Crippen LogP contribution in [-0.2, 0) is 21.7 Å². The third-order valence-electron chi connectivity index (χ3n) is 4.82. The summed E-state index contributed by atoms with van der Waals surface area (Å²) in [6.07, 6.45) is -5.04. The highest BCUT2D eigenvalue weighted by Crippen LogP contribution is 2.49. The smallest absolute Gasteiger partial charge is 0.374 e. The summed E-state index contributed by atoms with van der Waals surface area (Å²) in [6, 6.07) is 8.26. The molecular formula is C21H14Cl3F3N2O2. The number of hydrogen-bond acceptors (Lipinski definition) is 3. The van der Waals surface area contributed by atoms with Crippen molar-refractivity contribution in [3.63, 3.8) is 0 Å². The molecule has 0 spiro atoms. The Morgan fingerprint density at radius 2 is 1.84 bits per heavy atom. The molecule has 0 radical (unpaired) electrons. The lowest BCUT2D eigenvalue weighted by Crippen LogP contribution is -2.42. The number of aryl methyl sites for hydroxylation is 1. The molecule has 1 atom stereocenters. The topological polar surface area (TPSA) is 43.0 Å². The number of alkyl halides is 3. The lowest BCUT2D eigenvalue weighted by molar-refractivity contribution is -0.275. The average molecular weight is 490 g/mol. The van der Waals surface area contributed by atoms with Gasteiger partial charge in [0.2, 0.25) is 5.78 Å². The second-order valence-electron chi connectivity index (χ2n) is 6.95. The van der Waals surface area contributed by atoms with E-state index in [1.54, 1.807) is 6.07 Å². The van der Waals surface area contributed by atoms with Gasteiger partial charge in [0.05, 0.1) is 5.71 Å². The molecule has 0 N–H and O–H groups in total. The minimum atomic E-state index is -4.80. The Kier molecular flexibility index (Phi) is 6.85. The number of carbonyl (C=O) groups is 1. The molecule has 3 rings (SSSR count). The first-order valence-electron chi connectivity index (χ1n) is 8.98. The monoisotopic (exact) mass is 488 g/mol. The average Bonchev–Trinajstić information content (AvgIpc) is 3.14. The van der Waals surface area contributed by atoms with Gasteiger partial charge in [-0.15, -0.1) is 0 Å². The maximum atomic E-state index is 14.1. The van der Waals surface area contributed by atoms with Crippen molar-refractivity contribution < 1.29 is 22.8 Å². The summed E-state index contributed by atoms with van der Waals surface area (Å²) in [4.78, 5) is 19.7. The Morgan fingerprint density at radius 3 is 2.45 bits per heavy atom. The Morgan fingerprint density at radius 1 is 1.16 bits per heavy atom. The van der Waals surface area contributed by atoms with E-state index in [0.717, 1.165) is 12.1 Å². The molecule has 1 aliphatic rings. The number of oxime groups is 1. The predicted octanol–water partition coefficient (Wildman–Crippen LogP) is 6.65. The minimum Gasteiger partial charge on any atom is -0.374 e. The van der Waals surface area contributed by atoms with Crippen LogP contribution in [0.1, 0.15) is 29.5 Å². The van der Waals surface area contributed by atoms with Gasteiger partial charge >= 0.3 is 6.18 Å². The highest BCUT2D eigenvalue weighted by Gasteiger charge is 2.62. The van der Waals surface area contributed by atoms with Crippen molar-refractivity contribution in [3.8, 4) is 0 Å². The molecule has 4 nitrogen and oxygen atoms in total. The van der Waals surface area contributed by atoms with Crippen molar-refractivity contribution >= 4 is 46.3 Å². The number of hydrogen-bond donors (Lipinski definition) is 0. The molecule has 0 saturated heterocycles. The third-order valence-corrected chi connectivity index (χ3v) is 5.63. The highest BCUT2D eigenvalue weighted by molar-refractivity contribution is 6.34. The molecule has 0 bridgehead atoms. The van der Waals surface area contributed by atoms with Crippen LogP contribution in [0, 0.1) is 6.57 Å². The van der Waals surface area contributed by atoms with Gasteiger partial charge in [-0.05, 0) is 47.9 Å². The van der Waals surface area contributed by atoms with Crippen LogP contribution in [0.5, 0.6) is 0 Å². The Bertz CT molecular complexity index is 1080. The molecule has 1 aliphatic heterocycles. The number of Topliss-reactive ketones (excluding diaryl/α,β-unsaturated/α-hetero) is 1. The normalized spacial score (nSPS) is 18.3. The second-order valence-corrected chi connectivity index (χ2v) is 8.23. The van der Waals surface area contributed by atoms with E-state index in [0.29, 0.717) is 16.1 Å². The molecule has 0 saturated carbocycles. The van der Waals surface area contributed by atoms with Crippen LogP contribution in [0.3, 0.4) is 0 Å². The molecular weight excluding hydrogens is 476 g/mol. The number of halogens is 6. The first-order valence-corrected chi connectivity index (χ1v) is 10.1. The lowest BCUT2D eigenvalue weighted by atomic mass is 9.86. The van der Waals surface area contributed by atoms with Gasteiger partial charge in [-0.2, -0.15) is 13.2 Å². The zero-order valence-electron chi connectivity index (χ0n) is 15.8. The highest BCUT2D eigenvalue weighted by atomic mass is 35.5. The fourth-order valence-corrected chi connectivity index (χ4v) is 3.97. The fraction of sp³-hybridized carbons (Fsp3) is 0.286. The maximum Gasteiger partial charge on any atom is 0.435 e. The molecule has 31 heavy (non-hydrogen) atoms. The number of ketones is 1. The van der Waals surface area contributed by atoms with Crippen LogP contribution < -0.4 is 0 Å². The van der Waals surface area contributed by atoms with Gasteiger partial charge < -0.3 is 9.68 Å². The molecule has 2 aromatic carbocycles. The molecule has 1 heterocycles. The van der Waals surface area contributed by atoms with Crippen molar-refractivity contribution in [2.24, 2.45) is 5.16 Å². The summed E-state index contributed by atoms with van der Waals surface area (Å²) in [6.45, 7) is 6.50. The molecule has 2 aromatic rings. The second kappa shape index (κ2) is 9.07. The summed E-state index contributed by atoms with van der Waals surface area (Å²) in [5.41, 5.74) is -1.97. The summed E-state index contributed by atoms with van der Waals surface area (Å²) >= 11 is 18.0. The number of rotatable bonds is 6. The van der Waals surface area contributed by atoms with E-state index in [-0.39, 0.29) is 46.5 Å². The first-order chi connectivity index (χ1) is 14.6. The van der Waals surface area contributed by atoms with Crippen LogP contribution in [0.15, 0.2) is 41.6 Å². The van der Waals surface area contributed by atoms with Crippen LogP contribution in [0.4, 0.5) is 13.2 Å². The van der Waals surface area contributed by atoms with E-state index >= 15 is 0 Å². The van der Waals surface area contributed by atoms with Crippen LogP contribution in [0.2, 0.25) is 15.1 Å². The SMILES string of the molecule is [C-]#[N+]CC(=O)CCc1cc(C2=NOC(c3cc(Cl)cc(Cl)c3)(C(F)(F)F)C2)ccc1Cl. The van der Waals surface area contributed by atoms with Crippen molar-refractivity contribution in [3.05, 3.63) is 79.6 Å². The zero-order valence-corrected chi connectivity index (χ0v) is 18.0. The van der Waals surface area contributed by atoms with Gasteiger partial charge in [-0.1, -0.05) is 46.0 Å². The van der Waals surface area contributed by atoms with E-state index in [4.69, 9.17) is 46.2 Å². The Labute approximate surface area is 191 Å². The number of carbonyl (C=O) groups excluding carboxylic acids is 1. The quantitative estimate of drug-likeness (QED) is 0.426. The Balaban J connectivity index is 1.91. The number of nitrogens with zero attached hydrogens (tertiary/aromatic N) is 2. The summed E-state index contributed by atoms with van der Waals surface area (Å²) in [5, 5.41) is 4.17. The van der Waals surface area contributed by atoms with Gasteiger partial charge in [0.25, 0.3) is 12.1 Å². The Hall–Kier alpha value is -2.27. The number of benzene rings is 2. The van der Waals surface area contributed by atoms with E-state index in [1.165, 1.54) is 18.2 Å². The summed E-state index contributed by atoms with van der Waals surface area (Å²) in [7, 11) is 0. The van der Waals surface area contributed by atoms with E-state index in [2.05, 4.69) is 10.0 Å². The standard InChI is InChI=1S/C21H14Cl3F3N2O2/c1-28-11-17(30)4-2-12-6-13(3-5-18(12)24)19-10-20(31-29-19,21(25,26)27)14-7-15(22)9-16(23)8-14/h3,5-9H,2,4,10-11H2. The molecule has 0 aliphatic carbocycles. The van der Waals surface area contributed by atoms with Gasteiger partial charge in [-0.3, -0.25) is 4.79 Å². The zero-order chi connectivity index (χ0) is 22.8. The predicted molar refractivity (Wildman–Crippen MR) is 113 cm³/mol. The van der Waals surface area contributed by atoms with Crippen molar-refractivity contribution in [1.82, 2.24) is 0 Å². The molecule has 0 fully saturated rings. The van der Waals surface area contributed by atoms with Crippen LogP contribution in [-0.4, -0.2) is 24.2 Å². The molecule has 0 amide bonds.